The first kappa shape index (κ1) is 14.1. The van der Waals surface area contributed by atoms with Crippen LogP contribution >= 0.6 is 11.6 Å². The van der Waals surface area contributed by atoms with Crippen LogP contribution in [-0.2, 0) is 6.61 Å². The Balaban J connectivity index is 2.11. The van der Waals surface area contributed by atoms with Crippen molar-refractivity contribution < 1.29 is 9.53 Å². The molecule has 0 spiro atoms. The average Bonchev–Trinajstić information content (AvgIpc) is 2.46. The fourth-order valence-corrected chi connectivity index (χ4v) is 1.96. The second-order valence-corrected chi connectivity index (χ2v) is 4.71. The first-order valence-corrected chi connectivity index (χ1v) is 6.40. The summed E-state index contributed by atoms with van der Waals surface area (Å²) in [6.45, 7) is 1.80. The number of carbonyl (C=O) groups excluding carboxylic acids is 1. The predicted molar refractivity (Wildman–Crippen MR) is 76.9 cm³/mol. The summed E-state index contributed by atoms with van der Waals surface area (Å²) in [6, 6.07) is 14.2. The van der Waals surface area contributed by atoms with E-state index in [2.05, 4.69) is 6.07 Å². The zero-order chi connectivity index (χ0) is 14.5. The van der Waals surface area contributed by atoms with Crippen molar-refractivity contribution in [3.05, 3.63) is 64.2 Å². The van der Waals surface area contributed by atoms with Crippen molar-refractivity contribution in [3.63, 3.8) is 0 Å². The van der Waals surface area contributed by atoms with Crippen LogP contribution in [-0.4, -0.2) is 5.78 Å². The average molecular weight is 286 g/mol. The number of nitriles is 1. The van der Waals surface area contributed by atoms with Crippen LogP contribution in [0.3, 0.4) is 0 Å². The predicted octanol–water partition coefficient (Wildman–Crippen LogP) is 3.99. The van der Waals surface area contributed by atoms with Gasteiger partial charge < -0.3 is 4.74 Å². The molecule has 0 atom stereocenters. The summed E-state index contributed by atoms with van der Waals surface area (Å²) in [5.41, 5.74) is 2.02. The normalized spacial score (nSPS) is 9.85. The minimum absolute atomic E-state index is 0.0415. The summed E-state index contributed by atoms with van der Waals surface area (Å²) in [4.78, 5) is 11.2. The van der Waals surface area contributed by atoms with Crippen LogP contribution in [0, 0.1) is 11.3 Å². The van der Waals surface area contributed by atoms with Gasteiger partial charge in [-0.25, -0.2) is 0 Å². The lowest BCUT2D eigenvalue weighted by molar-refractivity contribution is 0.101. The maximum atomic E-state index is 11.2. The lowest BCUT2D eigenvalue weighted by atomic mass is 10.1. The number of hydrogen-bond acceptors (Lipinski definition) is 3. The van der Waals surface area contributed by atoms with Crippen molar-refractivity contribution in [1.82, 2.24) is 0 Å². The number of ketones is 1. The number of carbonyl (C=O) groups is 1. The number of halogens is 1. The molecule has 0 saturated carbocycles. The standard InChI is InChI=1S/C16H12ClNO2/c1-11(19)14-5-6-16(15(17)8-14)20-10-13-4-2-3-12(7-13)9-18/h2-8H,10H2,1H3. The monoisotopic (exact) mass is 285 g/mol. The molecule has 3 nitrogen and oxygen atoms in total. The molecule has 20 heavy (non-hydrogen) atoms. The first-order chi connectivity index (χ1) is 9.60. The van der Waals surface area contributed by atoms with Crippen LogP contribution < -0.4 is 4.74 Å². The minimum atomic E-state index is -0.0415. The van der Waals surface area contributed by atoms with Crippen LogP contribution in [0.4, 0.5) is 0 Å². The van der Waals surface area contributed by atoms with E-state index in [1.54, 1.807) is 36.4 Å². The molecule has 2 aromatic rings. The minimum Gasteiger partial charge on any atom is -0.487 e. The smallest absolute Gasteiger partial charge is 0.159 e. The van der Waals surface area contributed by atoms with Gasteiger partial charge in [0, 0.05) is 5.56 Å². The van der Waals surface area contributed by atoms with Crippen molar-refractivity contribution in [2.45, 2.75) is 13.5 Å². The molecule has 0 amide bonds. The third kappa shape index (κ3) is 3.37. The van der Waals surface area contributed by atoms with E-state index in [9.17, 15) is 4.79 Å². The summed E-state index contributed by atoms with van der Waals surface area (Å²) < 4.78 is 5.60. The Kier molecular flexibility index (Phi) is 4.39. The lowest BCUT2D eigenvalue weighted by Crippen LogP contribution is -1.98. The summed E-state index contributed by atoms with van der Waals surface area (Å²) in [6.07, 6.45) is 0. The van der Waals surface area contributed by atoms with Crippen LogP contribution in [0.2, 0.25) is 5.02 Å². The topological polar surface area (TPSA) is 50.1 Å². The second-order valence-electron chi connectivity index (χ2n) is 4.30. The van der Waals surface area contributed by atoms with Crippen molar-refractivity contribution in [3.8, 4) is 11.8 Å². The van der Waals surface area contributed by atoms with Crippen LogP contribution in [0.25, 0.3) is 0 Å². The summed E-state index contributed by atoms with van der Waals surface area (Å²) in [7, 11) is 0. The largest absolute Gasteiger partial charge is 0.487 e. The van der Waals surface area contributed by atoms with Gasteiger partial charge in [-0.3, -0.25) is 4.79 Å². The van der Waals surface area contributed by atoms with E-state index in [1.165, 1.54) is 6.92 Å². The molecule has 0 aliphatic carbocycles. The van der Waals surface area contributed by atoms with Crippen molar-refractivity contribution in [1.29, 1.82) is 5.26 Å². The second kappa shape index (κ2) is 6.23. The van der Waals surface area contributed by atoms with Gasteiger partial charge in [0.2, 0.25) is 0 Å². The Bertz CT molecular complexity index is 689. The fourth-order valence-electron chi connectivity index (χ4n) is 1.73. The highest BCUT2D eigenvalue weighted by Gasteiger charge is 2.06. The molecule has 100 valence electrons. The number of Topliss-reactive ketones (excluding diaryl/α,β-unsaturated/α-hetero) is 1. The first-order valence-electron chi connectivity index (χ1n) is 6.02. The molecule has 2 rings (SSSR count). The zero-order valence-electron chi connectivity index (χ0n) is 10.9. The van der Waals surface area contributed by atoms with Gasteiger partial charge in [0.1, 0.15) is 12.4 Å². The lowest BCUT2D eigenvalue weighted by Gasteiger charge is -2.09. The molecule has 2 aromatic carbocycles. The third-order valence-electron chi connectivity index (χ3n) is 2.79. The van der Waals surface area contributed by atoms with Gasteiger partial charge >= 0.3 is 0 Å². The fraction of sp³-hybridized carbons (Fsp3) is 0.125. The molecule has 0 radical (unpaired) electrons. The molecule has 0 unspecified atom stereocenters. The van der Waals surface area contributed by atoms with E-state index in [0.29, 0.717) is 28.5 Å². The van der Waals surface area contributed by atoms with E-state index >= 15 is 0 Å². The molecule has 4 heteroatoms. The molecule has 0 bridgehead atoms. The molecule has 0 aromatic heterocycles. The Morgan fingerprint density at radius 3 is 2.75 bits per heavy atom. The Hall–Kier alpha value is -2.31. The quantitative estimate of drug-likeness (QED) is 0.798. The Morgan fingerprint density at radius 1 is 1.30 bits per heavy atom. The molecular weight excluding hydrogens is 274 g/mol. The van der Waals surface area contributed by atoms with Gasteiger partial charge in [0.15, 0.2) is 5.78 Å². The molecule has 0 fully saturated rings. The van der Waals surface area contributed by atoms with Gasteiger partial charge in [-0.15, -0.1) is 0 Å². The summed E-state index contributed by atoms with van der Waals surface area (Å²) in [5.74, 6) is 0.471. The number of hydrogen-bond donors (Lipinski definition) is 0. The number of nitrogens with zero attached hydrogens (tertiary/aromatic N) is 1. The molecule has 0 aliphatic heterocycles. The summed E-state index contributed by atoms with van der Waals surface area (Å²) >= 11 is 6.07. The molecule has 0 saturated heterocycles. The highest BCUT2D eigenvalue weighted by molar-refractivity contribution is 6.32. The number of ether oxygens (including phenoxy) is 1. The van der Waals surface area contributed by atoms with Gasteiger partial charge in [-0.1, -0.05) is 23.7 Å². The van der Waals surface area contributed by atoms with E-state index < -0.39 is 0 Å². The van der Waals surface area contributed by atoms with Gasteiger partial charge in [-0.2, -0.15) is 5.26 Å². The molecule has 0 aliphatic rings. The van der Waals surface area contributed by atoms with E-state index in [-0.39, 0.29) is 5.78 Å². The van der Waals surface area contributed by atoms with Crippen molar-refractivity contribution in [2.24, 2.45) is 0 Å². The van der Waals surface area contributed by atoms with Gasteiger partial charge in [0.25, 0.3) is 0 Å². The molecule has 0 N–H and O–H groups in total. The van der Waals surface area contributed by atoms with E-state index in [0.717, 1.165) is 5.56 Å². The maximum absolute atomic E-state index is 11.2. The SMILES string of the molecule is CC(=O)c1ccc(OCc2cccc(C#N)c2)c(Cl)c1. The molecule has 0 heterocycles. The third-order valence-corrected chi connectivity index (χ3v) is 3.08. The van der Waals surface area contributed by atoms with Crippen LogP contribution in [0.15, 0.2) is 42.5 Å². The number of rotatable bonds is 4. The highest BCUT2D eigenvalue weighted by Crippen LogP contribution is 2.26. The highest BCUT2D eigenvalue weighted by atomic mass is 35.5. The van der Waals surface area contributed by atoms with Crippen molar-refractivity contribution in [2.75, 3.05) is 0 Å². The summed E-state index contributed by atoms with van der Waals surface area (Å²) in [5, 5.41) is 9.23. The zero-order valence-corrected chi connectivity index (χ0v) is 11.6. The number of benzene rings is 2. The van der Waals surface area contributed by atoms with Crippen LogP contribution in [0.1, 0.15) is 28.4 Å². The van der Waals surface area contributed by atoms with Gasteiger partial charge in [0.05, 0.1) is 16.7 Å². The molecular formula is C16H12ClNO2. The van der Waals surface area contributed by atoms with E-state index in [1.807, 2.05) is 6.07 Å². The van der Waals surface area contributed by atoms with Gasteiger partial charge in [-0.05, 0) is 42.8 Å². The van der Waals surface area contributed by atoms with Crippen molar-refractivity contribution >= 4 is 17.4 Å². The van der Waals surface area contributed by atoms with E-state index in [4.69, 9.17) is 21.6 Å². The Morgan fingerprint density at radius 2 is 2.10 bits per heavy atom. The van der Waals surface area contributed by atoms with Crippen LogP contribution in [0.5, 0.6) is 5.75 Å². The maximum Gasteiger partial charge on any atom is 0.159 e. The Labute approximate surface area is 122 Å².